The first-order chi connectivity index (χ1) is 9.08. The van der Waals surface area contributed by atoms with Gasteiger partial charge in [-0.1, -0.05) is 23.9 Å². The third-order valence-electron chi connectivity index (χ3n) is 2.67. The van der Waals surface area contributed by atoms with Gasteiger partial charge in [-0.15, -0.1) is 11.3 Å². The SMILES string of the molecule is CSc1nc(C)c(CC(=O)Nc2cccc(C)c2)s1. The summed E-state index contributed by atoms with van der Waals surface area (Å²) < 4.78 is 1.01. The van der Waals surface area contributed by atoms with E-state index in [9.17, 15) is 4.79 Å². The third kappa shape index (κ3) is 3.81. The summed E-state index contributed by atoms with van der Waals surface area (Å²) in [5.41, 5.74) is 2.93. The molecular formula is C14H16N2OS2. The van der Waals surface area contributed by atoms with Gasteiger partial charge in [0.25, 0.3) is 0 Å². The van der Waals surface area contributed by atoms with Crippen molar-refractivity contribution in [1.82, 2.24) is 4.98 Å². The first-order valence-electron chi connectivity index (χ1n) is 5.95. The van der Waals surface area contributed by atoms with Gasteiger partial charge < -0.3 is 5.32 Å². The van der Waals surface area contributed by atoms with Gasteiger partial charge in [-0.3, -0.25) is 4.79 Å². The first-order valence-corrected chi connectivity index (χ1v) is 7.99. The average molecular weight is 292 g/mol. The Morgan fingerprint density at radius 3 is 2.84 bits per heavy atom. The molecule has 0 unspecified atom stereocenters. The van der Waals surface area contributed by atoms with E-state index in [0.29, 0.717) is 6.42 Å². The van der Waals surface area contributed by atoms with Crippen LogP contribution in [-0.2, 0) is 11.2 Å². The Morgan fingerprint density at radius 2 is 2.21 bits per heavy atom. The van der Waals surface area contributed by atoms with Gasteiger partial charge in [0.2, 0.25) is 5.91 Å². The summed E-state index contributed by atoms with van der Waals surface area (Å²) in [7, 11) is 0. The Balaban J connectivity index is 2.03. The number of thiazole rings is 1. The summed E-state index contributed by atoms with van der Waals surface area (Å²) >= 11 is 3.21. The first kappa shape index (κ1) is 14.1. The Hall–Kier alpha value is -1.33. The van der Waals surface area contributed by atoms with Gasteiger partial charge in [-0.25, -0.2) is 4.98 Å². The minimum atomic E-state index is 0.00463. The van der Waals surface area contributed by atoms with Crippen LogP contribution in [0.1, 0.15) is 16.1 Å². The zero-order valence-corrected chi connectivity index (χ0v) is 12.8. The van der Waals surface area contributed by atoms with Crippen LogP contribution in [0, 0.1) is 13.8 Å². The van der Waals surface area contributed by atoms with Crippen molar-refractivity contribution in [3.8, 4) is 0 Å². The number of nitrogens with zero attached hydrogens (tertiary/aromatic N) is 1. The lowest BCUT2D eigenvalue weighted by Gasteiger charge is -2.05. The molecule has 0 radical (unpaired) electrons. The van der Waals surface area contributed by atoms with Gasteiger partial charge in [0, 0.05) is 10.6 Å². The quantitative estimate of drug-likeness (QED) is 0.874. The van der Waals surface area contributed by atoms with Gasteiger partial charge in [0.15, 0.2) is 0 Å². The van der Waals surface area contributed by atoms with E-state index >= 15 is 0 Å². The number of benzene rings is 1. The second-order valence-electron chi connectivity index (χ2n) is 4.29. The summed E-state index contributed by atoms with van der Waals surface area (Å²) in [5, 5.41) is 2.92. The van der Waals surface area contributed by atoms with Crippen molar-refractivity contribution in [3.05, 3.63) is 40.4 Å². The second-order valence-corrected chi connectivity index (χ2v) is 6.42. The van der Waals surface area contributed by atoms with Crippen LogP contribution < -0.4 is 5.32 Å². The van der Waals surface area contributed by atoms with Crippen molar-refractivity contribution < 1.29 is 4.79 Å². The standard InChI is InChI=1S/C14H16N2OS2/c1-9-5-4-6-11(7-9)16-13(17)8-12-10(2)15-14(18-3)19-12/h4-7H,8H2,1-3H3,(H,16,17). The minimum absolute atomic E-state index is 0.00463. The maximum atomic E-state index is 12.0. The van der Waals surface area contributed by atoms with E-state index in [2.05, 4.69) is 10.3 Å². The molecule has 0 aliphatic rings. The van der Waals surface area contributed by atoms with E-state index in [1.807, 2.05) is 44.4 Å². The molecule has 1 aromatic carbocycles. The summed E-state index contributed by atoms with van der Waals surface area (Å²) in [6.07, 6.45) is 2.38. The lowest BCUT2D eigenvalue weighted by molar-refractivity contribution is -0.115. The van der Waals surface area contributed by atoms with Gasteiger partial charge in [-0.2, -0.15) is 0 Å². The second kappa shape index (κ2) is 6.21. The van der Waals surface area contributed by atoms with E-state index in [0.717, 1.165) is 26.2 Å². The number of aryl methyl sites for hydroxylation is 2. The fraction of sp³-hybridized carbons (Fsp3) is 0.286. The summed E-state index contributed by atoms with van der Waals surface area (Å²) in [5.74, 6) is 0.00463. The summed E-state index contributed by atoms with van der Waals surface area (Å²) in [4.78, 5) is 17.4. The number of anilines is 1. The van der Waals surface area contributed by atoms with Crippen LogP contribution in [0.15, 0.2) is 28.6 Å². The van der Waals surface area contributed by atoms with Crippen molar-refractivity contribution in [2.75, 3.05) is 11.6 Å². The number of hydrogen-bond acceptors (Lipinski definition) is 4. The highest BCUT2D eigenvalue weighted by atomic mass is 32.2. The predicted molar refractivity (Wildman–Crippen MR) is 82.1 cm³/mol. The molecule has 1 heterocycles. The molecule has 0 aliphatic carbocycles. The number of thioether (sulfide) groups is 1. The van der Waals surface area contributed by atoms with E-state index in [1.54, 1.807) is 23.1 Å². The van der Waals surface area contributed by atoms with E-state index in [-0.39, 0.29) is 5.91 Å². The maximum Gasteiger partial charge on any atom is 0.229 e. The number of hydrogen-bond donors (Lipinski definition) is 1. The van der Waals surface area contributed by atoms with Crippen molar-refractivity contribution in [2.24, 2.45) is 0 Å². The minimum Gasteiger partial charge on any atom is -0.326 e. The summed E-state index contributed by atoms with van der Waals surface area (Å²) in [6.45, 7) is 3.96. The largest absolute Gasteiger partial charge is 0.326 e. The average Bonchev–Trinajstić information content (AvgIpc) is 2.70. The normalized spacial score (nSPS) is 10.5. The number of amides is 1. The molecule has 1 amide bonds. The Morgan fingerprint density at radius 1 is 1.42 bits per heavy atom. The molecule has 19 heavy (non-hydrogen) atoms. The Labute approximate surface area is 121 Å². The Bertz CT molecular complexity index is 593. The molecule has 0 saturated carbocycles. The fourth-order valence-electron chi connectivity index (χ4n) is 1.73. The number of rotatable bonds is 4. The molecule has 1 N–H and O–H groups in total. The van der Waals surface area contributed by atoms with Crippen molar-refractivity contribution in [1.29, 1.82) is 0 Å². The van der Waals surface area contributed by atoms with Crippen LogP contribution in [0.5, 0.6) is 0 Å². The van der Waals surface area contributed by atoms with Crippen molar-refractivity contribution in [3.63, 3.8) is 0 Å². The van der Waals surface area contributed by atoms with E-state index in [1.165, 1.54) is 0 Å². The third-order valence-corrected chi connectivity index (χ3v) is 4.81. The number of carbonyl (C=O) groups excluding carboxylic acids is 1. The van der Waals surface area contributed by atoms with Gasteiger partial charge in [0.1, 0.15) is 4.34 Å². The Kier molecular flexibility index (Phi) is 4.61. The van der Waals surface area contributed by atoms with Crippen LogP contribution in [0.2, 0.25) is 0 Å². The molecule has 3 nitrogen and oxygen atoms in total. The topological polar surface area (TPSA) is 42.0 Å². The van der Waals surface area contributed by atoms with E-state index in [4.69, 9.17) is 0 Å². The van der Waals surface area contributed by atoms with Crippen LogP contribution in [0.4, 0.5) is 5.69 Å². The highest BCUT2D eigenvalue weighted by Crippen LogP contribution is 2.25. The molecule has 2 rings (SSSR count). The van der Waals surface area contributed by atoms with Crippen LogP contribution in [-0.4, -0.2) is 17.1 Å². The zero-order valence-electron chi connectivity index (χ0n) is 11.2. The highest BCUT2D eigenvalue weighted by molar-refractivity contribution is 8.00. The van der Waals surface area contributed by atoms with E-state index < -0.39 is 0 Å². The molecule has 0 saturated heterocycles. The lowest BCUT2D eigenvalue weighted by Crippen LogP contribution is -2.14. The molecule has 0 bridgehead atoms. The molecule has 5 heteroatoms. The predicted octanol–water partition coefficient (Wildman–Crippen LogP) is 3.66. The molecular weight excluding hydrogens is 276 g/mol. The van der Waals surface area contributed by atoms with Crippen LogP contribution in [0.25, 0.3) is 0 Å². The molecule has 100 valence electrons. The van der Waals surface area contributed by atoms with Gasteiger partial charge in [0.05, 0.1) is 12.1 Å². The monoisotopic (exact) mass is 292 g/mol. The van der Waals surface area contributed by atoms with Crippen LogP contribution in [0.3, 0.4) is 0 Å². The molecule has 2 aromatic rings. The summed E-state index contributed by atoms with van der Waals surface area (Å²) in [6, 6.07) is 7.81. The number of nitrogens with one attached hydrogen (secondary N) is 1. The molecule has 0 fully saturated rings. The molecule has 1 aromatic heterocycles. The fourth-order valence-corrected chi connectivity index (χ4v) is 3.38. The molecule has 0 atom stereocenters. The lowest BCUT2D eigenvalue weighted by atomic mass is 10.2. The van der Waals surface area contributed by atoms with Gasteiger partial charge in [-0.05, 0) is 37.8 Å². The van der Waals surface area contributed by atoms with Crippen molar-refractivity contribution in [2.45, 2.75) is 24.6 Å². The molecule has 0 aliphatic heterocycles. The number of aromatic nitrogens is 1. The van der Waals surface area contributed by atoms with Crippen molar-refractivity contribution >= 4 is 34.7 Å². The highest BCUT2D eigenvalue weighted by Gasteiger charge is 2.11. The molecule has 0 spiro atoms. The van der Waals surface area contributed by atoms with Gasteiger partial charge >= 0.3 is 0 Å². The van der Waals surface area contributed by atoms with Crippen LogP contribution >= 0.6 is 23.1 Å². The zero-order chi connectivity index (χ0) is 13.8. The number of carbonyl (C=O) groups is 1. The smallest absolute Gasteiger partial charge is 0.229 e. The maximum absolute atomic E-state index is 12.0.